The molecule has 0 spiro atoms. The van der Waals surface area contributed by atoms with Gasteiger partial charge < -0.3 is 10.1 Å². The van der Waals surface area contributed by atoms with E-state index >= 15 is 0 Å². The molecule has 2 heterocycles. The highest BCUT2D eigenvalue weighted by atomic mass is 32.1. The second kappa shape index (κ2) is 9.78. The second-order valence-corrected chi connectivity index (χ2v) is 8.33. The topological polar surface area (TPSA) is 84.1 Å². The smallest absolute Gasteiger partial charge is 0.273 e. The Morgan fingerprint density at radius 2 is 2.13 bits per heavy atom. The molecule has 1 N–H and O–H groups in total. The molecule has 10 heteroatoms. The minimum atomic E-state index is -0.989. The minimum absolute atomic E-state index is 0.0478. The predicted octanol–water partition coefficient (Wildman–Crippen LogP) is 1.81. The van der Waals surface area contributed by atoms with Crippen molar-refractivity contribution in [3.63, 3.8) is 0 Å². The van der Waals surface area contributed by atoms with E-state index in [1.165, 1.54) is 18.4 Å². The highest BCUT2D eigenvalue weighted by Crippen LogP contribution is 2.16. The molecule has 0 unspecified atom stereocenters. The molecule has 0 aliphatic carbocycles. The summed E-state index contributed by atoms with van der Waals surface area (Å²) in [6, 6.07) is 6.43. The van der Waals surface area contributed by atoms with E-state index in [-0.39, 0.29) is 33.6 Å². The summed E-state index contributed by atoms with van der Waals surface area (Å²) in [5.41, 5.74) is -0.279. The van der Waals surface area contributed by atoms with E-state index in [9.17, 15) is 23.6 Å². The molecule has 1 amide bonds. The van der Waals surface area contributed by atoms with Gasteiger partial charge in [0.2, 0.25) is 0 Å². The lowest BCUT2D eigenvalue weighted by Gasteiger charge is -2.06. The molecule has 2 aromatic heterocycles. The number of thiazole rings is 1. The molecular formula is C21H17F2N3O3S2. The first-order valence-corrected chi connectivity index (χ1v) is 10.7. The molecule has 0 saturated carbocycles. The number of halogens is 2. The monoisotopic (exact) mass is 461 g/mol. The molecule has 0 aliphatic rings. The predicted molar refractivity (Wildman–Crippen MR) is 116 cm³/mol. The number of nitrogens with one attached hydrogen (secondary N) is 1. The van der Waals surface area contributed by atoms with E-state index in [2.05, 4.69) is 5.32 Å². The molecule has 6 nitrogen and oxygen atoms in total. The van der Waals surface area contributed by atoms with E-state index in [0.717, 1.165) is 38.5 Å². The Morgan fingerprint density at radius 1 is 1.35 bits per heavy atom. The number of carbonyl (C=O) groups excluding carboxylic acids is 1. The van der Waals surface area contributed by atoms with E-state index in [1.807, 2.05) is 18.4 Å². The molecule has 0 bridgehead atoms. The fraction of sp³-hybridized carbons (Fsp3) is 0.190. The molecule has 0 fully saturated rings. The van der Waals surface area contributed by atoms with Crippen LogP contribution in [-0.4, -0.2) is 30.7 Å². The number of rotatable bonds is 6. The molecule has 0 radical (unpaired) electrons. The normalized spacial score (nSPS) is 12.5. The van der Waals surface area contributed by atoms with Crippen molar-refractivity contribution in [1.82, 2.24) is 9.88 Å². The number of thiophene rings is 1. The lowest BCUT2D eigenvalue weighted by Crippen LogP contribution is -2.35. The number of methoxy groups -OCH3 is 1. The van der Waals surface area contributed by atoms with Crippen LogP contribution in [-0.2, 0) is 9.53 Å². The van der Waals surface area contributed by atoms with E-state index in [1.54, 1.807) is 12.1 Å². The Balaban J connectivity index is 2.34. The van der Waals surface area contributed by atoms with Crippen LogP contribution in [0.2, 0.25) is 0 Å². The number of hydrogen-bond donors (Lipinski definition) is 1. The number of aryl methyl sites for hydroxylation is 1. The van der Waals surface area contributed by atoms with Crippen molar-refractivity contribution in [2.75, 3.05) is 20.3 Å². The van der Waals surface area contributed by atoms with E-state index in [4.69, 9.17) is 4.74 Å². The Labute approximate surface area is 184 Å². The van der Waals surface area contributed by atoms with Crippen molar-refractivity contribution in [2.24, 2.45) is 0 Å². The van der Waals surface area contributed by atoms with Gasteiger partial charge in [0, 0.05) is 24.6 Å². The second-order valence-electron chi connectivity index (χ2n) is 6.36. The van der Waals surface area contributed by atoms with Gasteiger partial charge in [0.05, 0.1) is 16.8 Å². The van der Waals surface area contributed by atoms with Crippen LogP contribution >= 0.6 is 22.7 Å². The number of amides is 1. The summed E-state index contributed by atoms with van der Waals surface area (Å²) in [7, 11) is 1.46. The average Bonchev–Trinajstić information content (AvgIpc) is 3.27. The van der Waals surface area contributed by atoms with Crippen LogP contribution < -0.4 is 20.1 Å². The molecule has 0 aliphatic heterocycles. The van der Waals surface area contributed by atoms with Crippen molar-refractivity contribution in [2.45, 2.75) is 6.92 Å². The number of carbonyl (C=O) groups is 1. The van der Waals surface area contributed by atoms with Gasteiger partial charge in [0.1, 0.15) is 22.4 Å². The van der Waals surface area contributed by atoms with Crippen LogP contribution in [0.3, 0.4) is 0 Å². The van der Waals surface area contributed by atoms with Gasteiger partial charge in [0.15, 0.2) is 5.57 Å². The van der Waals surface area contributed by atoms with Crippen LogP contribution in [0.15, 0.2) is 34.4 Å². The van der Waals surface area contributed by atoms with Crippen LogP contribution in [0.1, 0.15) is 10.4 Å². The molecule has 1 aromatic carbocycles. The molecule has 3 rings (SSSR count). The van der Waals surface area contributed by atoms with Crippen molar-refractivity contribution >= 4 is 40.2 Å². The van der Waals surface area contributed by atoms with Crippen LogP contribution in [0.5, 0.6) is 0 Å². The fourth-order valence-corrected chi connectivity index (χ4v) is 4.74. The SMILES string of the molecule is COCCNC(=O)/C(C#N)=c1\s/c(=C\c2sccc2C)c(=O)n1-c1ccc(F)cc1F. The fourth-order valence-electron chi connectivity index (χ4n) is 2.73. The molecule has 0 atom stereocenters. The molecular weight excluding hydrogens is 444 g/mol. The first-order chi connectivity index (χ1) is 14.9. The van der Waals surface area contributed by atoms with Gasteiger partial charge in [-0.05, 0) is 42.1 Å². The largest absolute Gasteiger partial charge is 0.383 e. The third kappa shape index (κ3) is 4.80. The summed E-state index contributed by atoms with van der Waals surface area (Å²) in [5.74, 6) is -2.53. The maximum Gasteiger partial charge on any atom is 0.273 e. The first-order valence-electron chi connectivity index (χ1n) is 9.02. The zero-order valence-electron chi connectivity index (χ0n) is 16.6. The van der Waals surface area contributed by atoms with Gasteiger partial charge in [-0.25, -0.2) is 8.78 Å². The highest BCUT2D eigenvalue weighted by molar-refractivity contribution is 7.11. The van der Waals surface area contributed by atoms with Gasteiger partial charge in [-0.2, -0.15) is 5.26 Å². The molecule has 31 heavy (non-hydrogen) atoms. The van der Waals surface area contributed by atoms with E-state index in [0.29, 0.717) is 6.07 Å². The van der Waals surface area contributed by atoms with Gasteiger partial charge in [-0.1, -0.05) is 0 Å². The third-order valence-corrected chi connectivity index (χ3v) is 6.34. The summed E-state index contributed by atoms with van der Waals surface area (Å²) < 4.78 is 34.0. The summed E-state index contributed by atoms with van der Waals surface area (Å²) in [5, 5.41) is 14.0. The summed E-state index contributed by atoms with van der Waals surface area (Å²) in [6.07, 6.45) is 1.63. The Morgan fingerprint density at radius 3 is 2.74 bits per heavy atom. The van der Waals surface area contributed by atoms with Gasteiger partial charge in [0.25, 0.3) is 11.5 Å². The number of hydrogen-bond acceptors (Lipinski definition) is 6. The van der Waals surface area contributed by atoms with Gasteiger partial charge in [-0.15, -0.1) is 22.7 Å². The Bertz CT molecular complexity index is 1350. The maximum atomic E-state index is 14.6. The molecule has 3 aromatic rings. The summed E-state index contributed by atoms with van der Waals surface area (Å²) >= 11 is 2.31. The molecule has 0 saturated heterocycles. The average molecular weight is 462 g/mol. The highest BCUT2D eigenvalue weighted by Gasteiger charge is 2.19. The summed E-state index contributed by atoms with van der Waals surface area (Å²) in [4.78, 5) is 26.6. The van der Waals surface area contributed by atoms with Crippen LogP contribution in [0.4, 0.5) is 8.78 Å². The Hall–Kier alpha value is -3.13. The lowest BCUT2D eigenvalue weighted by molar-refractivity contribution is -0.115. The zero-order chi connectivity index (χ0) is 22.5. The first kappa shape index (κ1) is 22.6. The van der Waals surface area contributed by atoms with E-state index < -0.39 is 23.1 Å². The minimum Gasteiger partial charge on any atom is -0.383 e. The summed E-state index contributed by atoms with van der Waals surface area (Å²) in [6.45, 7) is 2.25. The van der Waals surface area contributed by atoms with Crippen LogP contribution in [0, 0.1) is 29.9 Å². The van der Waals surface area contributed by atoms with Crippen molar-refractivity contribution in [3.8, 4) is 11.8 Å². The third-order valence-electron chi connectivity index (χ3n) is 4.28. The quantitative estimate of drug-likeness (QED) is 0.568. The number of nitrogens with zero attached hydrogens (tertiary/aromatic N) is 2. The van der Waals surface area contributed by atoms with Crippen molar-refractivity contribution < 1.29 is 18.3 Å². The molecule has 160 valence electrons. The van der Waals surface area contributed by atoms with Gasteiger partial charge in [-0.3, -0.25) is 14.2 Å². The zero-order valence-corrected chi connectivity index (χ0v) is 18.2. The van der Waals surface area contributed by atoms with Crippen molar-refractivity contribution in [1.29, 1.82) is 5.26 Å². The standard InChI is InChI=1S/C21H17F2N3O3S2/c1-12-5-8-30-17(12)10-18-20(28)26(16-4-3-13(22)9-15(16)23)21(31-18)14(11-24)19(27)25-6-7-29-2/h3-5,8-10H,6-7H2,1-2H3,(H,25,27)/b18-10-,21-14-. The lowest BCUT2D eigenvalue weighted by atomic mass is 10.2. The number of ether oxygens (including phenoxy) is 1. The Kier molecular flexibility index (Phi) is 7.12. The van der Waals surface area contributed by atoms with Crippen LogP contribution in [0.25, 0.3) is 17.3 Å². The number of aromatic nitrogens is 1. The number of benzene rings is 1. The van der Waals surface area contributed by atoms with Gasteiger partial charge >= 0.3 is 0 Å². The maximum absolute atomic E-state index is 14.6. The number of nitriles is 1. The van der Waals surface area contributed by atoms with Crippen molar-refractivity contribution in [3.05, 3.63) is 71.3 Å².